The van der Waals surface area contributed by atoms with Gasteiger partial charge in [0.2, 0.25) is 0 Å². The molecule has 0 unspecified atom stereocenters. The predicted octanol–water partition coefficient (Wildman–Crippen LogP) is 4.18. The highest BCUT2D eigenvalue weighted by atomic mass is 35.5. The molecule has 1 N–H and O–H groups in total. The molecule has 0 aliphatic heterocycles. The van der Waals surface area contributed by atoms with E-state index in [0.29, 0.717) is 22.6 Å². The predicted molar refractivity (Wildman–Crippen MR) is 110 cm³/mol. The summed E-state index contributed by atoms with van der Waals surface area (Å²) in [4.78, 5) is 19.1. The molecule has 0 saturated heterocycles. The van der Waals surface area contributed by atoms with E-state index in [1.165, 1.54) is 0 Å². The number of rotatable bonds is 4. The van der Waals surface area contributed by atoms with Crippen LogP contribution in [-0.4, -0.2) is 43.0 Å². The molecule has 3 rings (SSSR count). The maximum atomic E-state index is 12.4. The number of aromatic nitrogens is 1. The van der Waals surface area contributed by atoms with Crippen LogP contribution in [0.15, 0.2) is 42.5 Å². The van der Waals surface area contributed by atoms with Crippen LogP contribution in [0.1, 0.15) is 10.4 Å². The highest BCUT2D eigenvalue weighted by Crippen LogP contribution is 2.24. The van der Waals surface area contributed by atoms with E-state index in [0.717, 1.165) is 22.8 Å². The normalized spacial score (nSPS) is 10.4. The molecule has 0 fully saturated rings. The first-order valence-corrected chi connectivity index (χ1v) is 7.84. The van der Waals surface area contributed by atoms with Crippen LogP contribution in [0, 0.1) is 0 Å². The number of benzene rings is 2. The van der Waals surface area contributed by atoms with E-state index in [1.807, 2.05) is 61.5 Å². The maximum absolute atomic E-state index is 12.4. The molecule has 2 aromatic carbocycles. The molecule has 0 radical (unpaired) electrons. The van der Waals surface area contributed by atoms with Crippen molar-refractivity contribution in [3.8, 4) is 0 Å². The second kappa shape index (κ2) is 9.20. The van der Waals surface area contributed by atoms with E-state index in [2.05, 4.69) is 10.3 Å². The molecule has 7 heteroatoms. The Kier molecular flexibility index (Phi) is 7.90. The second-order valence-electron chi connectivity index (χ2n) is 5.76. The Morgan fingerprint density at radius 2 is 1.88 bits per heavy atom. The minimum atomic E-state index is -0.0988. The zero-order valence-corrected chi connectivity index (χ0v) is 16.3. The molecular weight excluding hydrogens is 381 g/mol. The fourth-order valence-electron chi connectivity index (χ4n) is 2.50. The Hall–Kier alpha value is -1.59. The van der Waals surface area contributed by atoms with E-state index < -0.39 is 0 Å². The van der Waals surface area contributed by atoms with Crippen LogP contribution in [0.3, 0.4) is 0 Å². The first kappa shape index (κ1) is 21.5. The number of para-hydroxylation sites is 1. The number of hydrogen-bond donors (Lipinski definition) is 1. The Morgan fingerprint density at radius 1 is 1.12 bits per heavy atom. The van der Waals surface area contributed by atoms with Gasteiger partial charge in [0, 0.05) is 28.9 Å². The van der Waals surface area contributed by atoms with E-state index in [1.54, 1.807) is 0 Å². The Balaban J connectivity index is 0.00000156. The van der Waals surface area contributed by atoms with Crippen molar-refractivity contribution in [1.29, 1.82) is 0 Å². The lowest BCUT2D eigenvalue weighted by Gasteiger charge is -2.11. The van der Waals surface area contributed by atoms with Crippen LogP contribution in [-0.2, 0) is 0 Å². The molecule has 1 amide bonds. The minimum absolute atomic E-state index is 0. The van der Waals surface area contributed by atoms with Crippen molar-refractivity contribution >= 4 is 64.1 Å². The molecule has 0 aliphatic rings. The highest BCUT2D eigenvalue weighted by molar-refractivity contribution is 6.31. The molecule has 1 aromatic heterocycles. The van der Waals surface area contributed by atoms with Crippen molar-refractivity contribution in [3.05, 3.63) is 53.1 Å². The van der Waals surface area contributed by atoms with Crippen molar-refractivity contribution < 1.29 is 4.79 Å². The summed E-state index contributed by atoms with van der Waals surface area (Å²) in [5.41, 5.74) is 2.14. The topological polar surface area (TPSA) is 45.2 Å². The molecule has 0 atom stereocenters. The summed E-state index contributed by atoms with van der Waals surface area (Å²) in [6.07, 6.45) is 0. The molecule has 4 nitrogen and oxygen atoms in total. The van der Waals surface area contributed by atoms with Crippen molar-refractivity contribution in [3.63, 3.8) is 0 Å². The highest BCUT2D eigenvalue weighted by Gasteiger charge is 2.12. The van der Waals surface area contributed by atoms with E-state index in [9.17, 15) is 4.79 Å². The van der Waals surface area contributed by atoms with Gasteiger partial charge in [0.05, 0.1) is 16.6 Å². The number of nitrogens with zero attached hydrogens (tertiary/aromatic N) is 2. The average molecular weight is 401 g/mol. The summed E-state index contributed by atoms with van der Waals surface area (Å²) in [5.74, 6) is -0.0988. The van der Waals surface area contributed by atoms with E-state index in [-0.39, 0.29) is 30.7 Å². The fourth-order valence-corrected chi connectivity index (χ4v) is 2.69. The van der Waals surface area contributed by atoms with Crippen LogP contribution in [0.5, 0.6) is 0 Å². The van der Waals surface area contributed by atoms with Gasteiger partial charge in [-0.05, 0) is 44.4 Å². The van der Waals surface area contributed by atoms with Crippen molar-refractivity contribution in [1.82, 2.24) is 15.2 Å². The first-order valence-electron chi connectivity index (χ1n) is 7.46. The Morgan fingerprint density at radius 3 is 2.60 bits per heavy atom. The van der Waals surface area contributed by atoms with E-state index >= 15 is 0 Å². The second-order valence-corrected chi connectivity index (χ2v) is 6.20. The largest absolute Gasteiger partial charge is 0.351 e. The van der Waals surface area contributed by atoms with Gasteiger partial charge in [-0.15, -0.1) is 24.8 Å². The van der Waals surface area contributed by atoms with Crippen LogP contribution >= 0.6 is 36.4 Å². The van der Waals surface area contributed by atoms with Gasteiger partial charge in [-0.1, -0.05) is 23.7 Å². The lowest BCUT2D eigenvalue weighted by Crippen LogP contribution is -2.31. The lowest BCUT2D eigenvalue weighted by atomic mass is 10.1. The van der Waals surface area contributed by atoms with Crippen LogP contribution in [0.4, 0.5) is 0 Å². The van der Waals surface area contributed by atoms with Gasteiger partial charge in [-0.2, -0.15) is 0 Å². The number of halogens is 3. The summed E-state index contributed by atoms with van der Waals surface area (Å²) < 4.78 is 0. The minimum Gasteiger partial charge on any atom is -0.351 e. The summed E-state index contributed by atoms with van der Waals surface area (Å²) >= 11 is 6.04. The quantitative estimate of drug-likeness (QED) is 0.668. The van der Waals surface area contributed by atoms with Gasteiger partial charge < -0.3 is 10.2 Å². The fraction of sp³-hybridized carbons (Fsp3) is 0.222. The van der Waals surface area contributed by atoms with Gasteiger partial charge >= 0.3 is 0 Å². The lowest BCUT2D eigenvalue weighted by molar-refractivity contribution is 0.0952. The number of carbonyl (C=O) groups excluding carboxylic acids is 1. The smallest absolute Gasteiger partial charge is 0.253 e. The molecule has 1 heterocycles. The third-order valence-electron chi connectivity index (χ3n) is 3.69. The number of nitrogens with one attached hydrogen (secondary N) is 1. The van der Waals surface area contributed by atoms with Crippen LogP contribution in [0.2, 0.25) is 5.02 Å². The number of pyridine rings is 1. The van der Waals surface area contributed by atoms with Gasteiger partial charge in [0.15, 0.2) is 0 Å². The van der Waals surface area contributed by atoms with Crippen molar-refractivity contribution in [2.45, 2.75) is 0 Å². The standard InChI is InChI=1S/C18H18ClN3O.2ClH/c1-22(2)9-8-20-18(23)15-5-3-4-12-10-13-11-14(19)6-7-16(13)21-17(12)15;;/h3-7,10-11H,8-9H2,1-2H3,(H,20,23);2*1H. The summed E-state index contributed by atoms with van der Waals surface area (Å²) in [6, 6.07) is 13.2. The number of carbonyl (C=O) groups is 1. The van der Waals surface area contributed by atoms with E-state index in [4.69, 9.17) is 11.6 Å². The molecule has 0 bridgehead atoms. The third-order valence-corrected chi connectivity index (χ3v) is 3.92. The van der Waals surface area contributed by atoms with Gasteiger partial charge in [0.25, 0.3) is 5.91 Å². The third kappa shape index (κ3) is 4.95. The van der Waals surface area contributed by atoms with Gasteiger partial charge in [0.1, 0.15) is 0 Å². The van der Waals surface area contributed by atoms with Gasteiger partial charge in [-0.25, -0.2) is 4.98 Å². The SMILES string of the molecule is CN(C)CCNC(=O)c1cccc2cc3cc(Cl)ccc3nc12.Cl.Cl. The molecule has 0 spiro atoms. The van der Waals surface area contributed by atoms with Crippen molar-refractivity contribution in [2.75, 3.05) is 27.2 Å². The molecule has 3 aromatic rings. The molecule has 0 aliphatic carbocycles. The molecule has 0 saturated carbocycles. The first-order chi connectivity index (χ1) is 11.0. The summed E-state index contributed by atoms with van der Waals surface area (Å²) in [6.45, 7) is 1.40. The average Bonchev–Trinajstić information content (AvgIpc) is 2.51. The summed E-state index contributed by atoms with van der Waals surface area (Å²) in [5, 5.41) is 5.51. The van der Waals surface area contributed by atoms with Crippen molar-refractivity contribution in [2.24, 2.45) is 0 Å². The van der Waals surface area contributed by atoms with Crippen LogP contribution < -0.4 is 5.32 Å². The van der Waals surface area contributed by atoms with Crippen LogP contribution in [0.25, 0.3) is 21.8 Å². The maximum Gasteiger partial charge on any atom is 0.253 e. The molecule has 25 heavy (non-hydrogen) atoms. The molecule has 134 valence electrons. The summed E-state index contributed by atoms with van der Waals surface area (Å²) in [7, 11) is 3.95. The zero-order valence-electron chi connectivity index (χ0n) is 14.0. The Labute approximate surface area is 164 Å². The number of fused-ring (bicyclic) bond motifs is 2. The zero-order chi connectivity index (χ0) is 16.4. The Bertz CT molecular complexity index is 884. The monoisotopic (exact) mass is 399 g/mol. The number of hydrogen-bond acceptors (Lipinski definition) is 3. The van der Waals surface area contributed by atoms with Gasteiger partial charge in [-0.3, -0.25) is 4.79 Å². The number of amides is 1. The number of likely N-dealkylation sites (N-methyl/N-ethyl adjacent to an activating group) is 1. The molecular formula is C18H20Cl3N3O.